The summed E-state index contributed by atoms with van der Waals surface area (Å²) in [5.74, 6) is 0.675. The van der Waals surface area contributed by atoms with Gasteiger partial charge in [0.2, 0.25) is 25.2 Å². The van der Waals surface area contributed by atoms with Crippen molar-refractivity contribution >= 4 is 64.6 Å². The largest absolute Gasteiger partial charge is 0.472 e. The van der Waals surface area contributed by atoms with Gasteiger partial charge in [-0.1, -0.05) is 96.4 Å². The summed E-state index contributed by atoms with van der Waals surface area (Å²) in [4.78, 5) is 120. The van der Waals surface area contributed by atoms with E-state index >= 15 is 0 Å². The number of ketones is 3. The normalized spacial score (nSPS) is 25.4. The molecule has 0 aromatic heterocycles. The molecule has 0 spiro atoms. The molecular weight excluding hydrogens is 1880 g/mol. The van der Waals surface area contributed by atoms with Crippen molar-refractivity contribution in [3.8, 4) is 0 Å². The van der Waals surface area contributed by atoms with Crippen molar-refractivity contribution in [1.82, 2.24) is 50.2 Å². The zero-order valence-corrected chi connectivity index (χ0v) is 97.7. The Morgan fingerprint density at radius 3 is 1.17 bits per heavy atom. The average molecular weight is 2090 g/mol. The predicted molar refractivity (Wildman–Crippen MR) is 568 cm³/mol. The highest BCUT2D eigenvalue weighted by atomic mass is 31.2. The zero-order chi connectivity index (χ0) is 108. The molecule has 7 aliphatic heterocycles. The van der Waals surface area contributed by atoms with Crippen LogP contribution in [-0.2, 0) is 98.2 Å². The van der Waals surface area contributed by atoms with Crippen molar-refractivity contribution in [1.29, 1.82) is 0 Å². The lowest BCUT2D eigenvalue weighted by Gasteiger charge is -2.30. The smallest absolute Gasteiger partial charge is 0.377 e. The first-order valence-corrected chi connectivity index (χ1v) is 59.0. The van der Waals surface area contributed by atoms with Crippen LogP contribution in [0.3, 0.4) is 0 Å². The Bertz CT molecular complexity index is 3630. The Morgan fingerprint density at radius 1 is 0.394 bits per heavy atom. The fraction of sp³-hybridized carbons (Fsp3) is 0.933. The van der Waals surface area contributed by atoms with Crippen molar-refractivity contribution in [2.45, 2.75) is 509 Å². The molecule has 3 amide bonds. The van der Waals surface area contributed by atoms with Crippen LogP contribution in [0.2, 0.25) is 0 Å². The van der Waals surface area contributed by atoms with Crippen molar-refractivity contribution < 1.29 is 113 Å². The molecule has 0 saturated carbocycles. The minimum atomic E-state index is -4.43. The number of carbonyl (C=O) groups excluding carboxylic acids is 6. The number of hydrogen-bond acceptors (Lipinski definition) is 29. The SMILES string of the molecule is C=P(O)(OCC1CC(OC(C)C)CN1C(C)C)OC1CC(CC)N(C(C)C)C1.CC(C)CCC(=O)N1C[C@H](OC(C)C)C[C@H]1COC(C)C.CC(C)CCCC(=O)CC1CC(COC(C)C)N(C(=O)C(=O)CNC(C)C)C1.CC(C)NC1CC(COP(=O)(O)OCC(COP(=O)(O)OCC2CC(NC(C)C)CN2C(C)C)OC(C)C)N(C(C)C)C1.CC(C)OC[C@@H]1C[C@@H](OC(C)C)CN1C(=O)CC(=O)C(C)C. The van der Waals surface area contributed by atoms with Gasteiger partial charge in [0, 0.05) is 150 Å². The molecule has 7 saturated heterocycles. The van der Waals surface area contributed by atoms with Crippen molar-refractivity contribution in [2.75, 3.05) is 105 Å². The summed E-state index contributed by atoms with van der Waals surface area (Å²) in [6, 6.07) is 3.44. The van der Waals surface area contributed by atoms with Crippen molar-refractivity contribution in [3.63, 3.8) is 0 Å². The molecule has 142 heavy (non-hydrogen) atoms. The molecule has 6 N–H and O–H groups in total. The Hall–Kier alpha value is -2.74. The van der Waals surface area contributed by atoms with E-state index in [0.717, 1.165) is 96.8 Å². The van der Waals surface area contributed by atoms with Gasteiger partial charge in [-0.05, 0) is 241 Å². The van der Waals surface area contributed by atoms with E-state index in [9.17, 15) is 52.6 Å². The number of phosphoric ester groups is 2. The van der Waals surface area contributed by atoms with Crippen LogP contribution in [-0.4, -0.2) is 365 Å². The predicted octanol–water partition coefficient (Wildman–Crippen LogP) is 16.1. The molecule has 0 aromatic rings. The van der Waals surface area contributed by atoms with Gasteiger partial charge < -0.3 is 87.5 Å². The fourth-order valence-electron chi connectivity index (χ4n) is 19.4. The van der Waals surface area contributed by atoms with Gasteiger partial charge in [0.1, 0.15) is 17.7 Å². The Labute approximate surface area is 860 Å². The topological polar surface area (TPSA) is 376 Å². The standard InChI is InChI=1S/C28H60N4O9P2.C22H40N2O4.C21H43N2O4P.C17H31NO4.C17H33NO3/c1-19(2)29-24-11-26(31(13-24)21(5)6)15-37-42(33,34)39-17-28(41-23(9)10)18-40-43(35,36)38-16-27-12-25(30-20(3)4)14-32(27)22(7)8;1-15(2)8-7-9-20(25)11-18-10-19(14-28-17(5)6)24(13-18)22(27)21(26)12-23-16(3)4;1-9-18-10-21(13-22(18)15(2)3)27-28(8,24)25-14-19-11-20(26-17(6)7)12-23(19)16(4)5;1-11(2)16(19)8-17(20)18-9-15(22-13(5)6)7-14(18)10-21-12(3)4;1-12(2)7-8-17(19)18-10-16(21-14(5)6)9-15(18)11-20-13(3)4/h19-30H,11-18H2,1-10H3,(H,33,34)(H,35,36);15-19,23H,7-14H2,1-6H3;15-21,24H,8-14H2,1-7H3;11-15H,7-10H2,1-6H3;12-16H,7-11H2,1-6H3/t;;;14-,15+;15-,16+/m...00/s1. The number of hydrogen-bond donors (Lipinski definition) is 6. The van der Waals surface area contributed by atoms with Gasteiger partial charge >= 0.3 is 15.6 Å². The molecule has 7 fully saturated rings. The molecular formula is C105H207N10O24P3. The highest BCUT2D eigenvalue weighted by Crippen LogP contribution is 2.49. The highest BCUT2D eigenvalue weighted by Gasteiger charge is 2.45. The number of likely N-dealkylation sites (tertiary alicyclic amines) is 7. The summed E-state index contributed by atoms with van der Waals surface area (Å²) >= 11 is 0. The van der Waals surface area contributed by atoms with E-state index in [4.69, 9.17) is 60.3 Å². The van der Waals surface area contributed by atoms with Gasteiger partial charge in [-0.15, -0.1) is 0 Å². The molecule has 37 heteroatoms. The van der Waals surface area contributed by atoms with E-state index in [1.54, 1.807) is 23.6 Å². The van der Waals surface area contributed by atoms with Crippen LogP contribution in [0.4, 0.5) is 0 Å². The van der Waals surface area contributed by atoms with Gasteiger partial charge in [0.05, 0.1) is 151 Å². The van der Waals surface area contributed by atoms with E-state index in [2.05, 4.69) is 173 Å². The maximum atomic E-state index is 12.8. The maximum Gasteiger partial charge on any atom is 0.472 e. The monoisotopic (exact) mass is 2090 g/mol. The fourth-order valence-corrected chi connectivity index (χ4v) is 22.1. The number of rotatable bonds is 59. The van der Waals surface area contributed by atoms with E-state index in [1.165, 1.54) is 0 Å². The lowest BCUT2D eigenvalue weighted by molar-refractivity contribution is -0.145. The second-order valence-electron chi connectivity index (χ2n) is 45.6. The third-order valence-electron chi connectivity index (χ3n) is 25.9. The van der Waals surface area contributed by atoms with Gasteiger partial charge in [-0.3, -0.25) is 66.5 Å². The Morgan fingerprint density at radius 2 is 0.782 bits per heavy atom. The summed E-state index contributed by atoms with van der Waals surface area (Å²) in [6.07, 6.45) is 15.6. The molecule has 7 rings (SSSR count). The summed E-state index contributed by atoms with van der Waals surface area (Å²) in [5, 5.41) is 10.1. The van der Waals surface area contributed by atoms with E-state index in [1.807, 2.05) is 102 Å². The second-order valence-corrected chi connectivity index (χ2v) is 50.3. The molecule has 0 aliphatic carbocycles. The van der Waals surface area contributed by atoms with E-state index < -0.39 is 41.0 Å². The van der Waals surface area contributed by atoms with Gasteiger partial charge in [0.25, 0.3) is 5.91 Å². The van der Waals surface area contributed by atoms with Crippen LogP contribution in [0.25, 0.3) is 0 Å². The third-order valence-corrected chi connectivity index (χ3v) is 29.0. The maximum absolute atomic E-state index is 12.8. The zero-order valence-electron chi connectivity index (χ0n) is 95.0. The number of phosphoric acid groups is 2. The molecule has 0 bridgehead atoms. The Kier molecular flexibility index (Phi) is 62.9. The Balaban J connectivity index is 0.000000468. The molecule has 34 nitrogen and oxygen atoms in total. The molecule has 0 aromatic carbocycles. The summed E-state index contributed by atoms with van der Waals surface area (Å²) in [7, 11) is -11.9. The number of Topliss-reactive ketones (excluding diaryl/α,β-unsaturated/α-hetero) is 3. The molecule has 7 aliphatic rings. The van der Waals surface area contributed by atoms with Gasteiger partial charge in [-0.25, -0.2) is 9.13 Å². The van der Waals surface area contributed by atoms with Crippen LogP contribution in [0.1, 0.15) is 339 Å². The van der Waals surface area contributed by atoms with E-state index in [0.29, 0.717) is 107 Å². The van der Waals surface area contributed by atoms with E-state index in [-0.39, 0.29) is 208 Å². The van der Waals surface area contributed by atoms with Crippen molar-refractivity contribution in [2.24, 2.45) is 23.7 Å². The molecule has 7 heterocycles. The van der Waals surface area contributed by atoms with Crippen LogP contribution in [0.5, 0.6) is 0 Å². The highest BCUT2D eigenvalue weighted by molar-refractivity contribution is 7.58. The van der Waals surface area contributed by atoms with Crippen LogP contribution < -0.4 is 16.0 Å². The first-order chi connectivity index (χ1) is 66.0. The first kappa shape index (κ1) is 133. The quantitative estimate of drug-likeness (QED) is 0.0187. The third kappa shape index (κ3) is 54.0. The number of carbonyl (C=O) groups is 6. The average Bonchev–Trinajstić information content (AvgIpc) is 1.66. The summed E-state index contributed by atoms with van der Waals surface area (Å²) in [6.45, 7) is 78.1. The number of ether oxygens (including phenoxy) is 7. The molecule has 836 valence electrons. The molecule has 17 atom stereocenters. The first-order valence-electron chi connectivity index (χ1n) is 54.2. The summed E-state index contributed by atoms with van der Waals surface area (Å²) < 4.78 is 99.4. The number of nitrogens with one attached hydrogen (secondary N) is 3. The summed E-state index contributed by atoms with van der Waals surface area (Å²) in [5.41, 5.74) is 0. The van der Waals surface area contributed by atoms with Gasteiger partial charge in [-0.2, -0.15) is 0 Å². The van der Waals surface area contributed by atoms with Crippen LogP contribution in [0, 0.1) is 23.7 Å². The number of nitrogens with zero attached hydrogens (tertiary/aromatic N) is 7. The molecule has 0 radical (unpaired) electrons. The second kappa shape index (κ2) is 66.9. The minimum Gasteiger partial charge on any atom is -0.377 e. The lowest BCUT2D eigenvalue weighted by atomic mass is 9.96. The lowest BCUT2D eigenvalue weighted by Crippen LogP contribution is -2.46. The van der Waals surface area contributed by atoms with Gasteiger partial charge in [0.15, 0.2) is 0 Å². The van der Waals surface area contributed by atoms with Crippen LogP contribution in [0.15, 0.2) is 0 Å². The minimum absolute atomic E-state index is 0.00128. The van der Waals surface area contributed by atoms with Crippen LogP contribution >= 0.6 is 23.2 Å². The number of amides is 3. The molecule has 13 unspecified atom stereocenters. The van der Waals surface area contributed by atoms with Crippen molar-refractivity contribution in [3.05, 3.63) is 0 Å².